The summed E-state index contributed by atoms with van der Waals surface area (Å²) in [5, 5.41) is 42.0. The van der Waals surface area contributed by atoms with Crippen LogP contribution in [0.3, 0.4) is 0 Å². The molecule has 0 bridgehead atoms. The normalized spacial score (nSPS) is 37.1. The zero-order valence-corrected chi connectivity index (χ0v) is 27.6. The number of carbonyl (C=O) groups excluding carboxylic acids is 1. The van der Waals surface area contributed by atoms with E-state index in [1.54, 1.807) is 0 Å². The molecule has 36 heavy (non-hydrogen) atoms. The van der Waals surface area contributed by atoms with Crippen molar-refractivity contribution in [3.8, 4) is 0 Å². The molecule has 2 aliphatic rings. The van der Waals surface area contributed by atoms with E-state index in [1.807, 2.05) is 0 Å². The van der Waals surface area contributed by atoms with Gasteiger partial charge in [-0.25, -0.2) is 21.6 Å². The van der Waals surface area contributed by atoms with Crippen LogP contribution in [0.1, 0.15) is 6.92 Å². The van der Waals surface area contributed by atoms with Crippen molar-refractivity contribution in [2.24, 2.45) is 0 Å². The van der Waals surface area contributed by atoms with Gasteiger partial charge in [0.15, 0.2) is 16.6 Å². The minimum absolute atomic E-state index is 0. The van der Waals surface area contributed by atoms with Crippen molar-refractivity contribution in [1.29, 1.82) is 0 Å². The SMILES string of the molecule is CO[C@H]1C(CO)O[C@@H](O[C@H]2C(C(=O)[O-])O[C@@H](C)C(OS(=O)(=O)[O-])[C@H]2O)C(NS(=O)(=O)[O-])[C@H]1O.[Na+].[Na+].[Na+]. The Labute approximate surface area is 273 Å². The largest absolute Gasteiger partial charge is 1.00 e. The number of carbonyl (C=O) groups is 1. The number of methoxy groups -OCH3 is 1. The van der Waals surface area contributed by atoms with Gasteiger partial charge in [0.1, 0.15) is 48.8 Å². The third kappa shape index (κ3) is 10.7. The van der Waals surface area contributed by atoms with Crippen LogP contribution in [0.2, 0.25) is 0 Å². The van der Waals surface area contributed by atoms with Gasteiger partial charge in [-0.3, -0.25) is 4.18 Å². The number of rotatable bonds is 9. The fourth-order valence-electron chi connectivity index (χ4n) is 3.56. The van der Waals surface area contributed by atoms with Crippen LogP contribution in [0.15, 0.2) is 0 Å². The standard InChI is InChI=1S/C14H25NO16S2.3Na/c1-4-9(31-33(24,25)26)8(18)11(12(28-4)13(19)20)30-14-6(15-32(21,22)23)7(17)10(27-2)5(3-16)29-14;;;/h4-12,14-18H,3H2,1-2H3,(H,19,20)(H,21,22,23)(H,24,25,26);;;/q;3*+1/p-3/t4-,5?,6?,7+,8+,9?,10-,11+,12?,14-;;;/m0.../s1. The topological polar surface area (TPSA) is 273 Å². The number of hydrogen-bond donors (Lipinski definition) is 4. The van der Waals surface area contributed by atoms with E-state index >= 15 is 0 Å². The summed E-state index contributed by atoms with van der Waals surface area (Å²) < 4.78 is 92.8. The molecular formula is C14H22NNa3O16S2. The number of ether oxygens (including phenoxy) is 4. The Balaban J connectivity index is 0. The van der Waals surface area contributed by atoms with Crippen molar-refractivity contribution in [3.05, 3.63) is 0 Å². The Morgan fingerprint density at radius 2 is 1.56 bits per heavy atom. The van der Waals surface area contributed by atoms with Crippen LogP contribution in [-0.2, 0) is 48.6 Å². The van der Waals surface area contributed by atoms with Crippen LogP contribution in [-0.4, -0.2) is 122 Å². The summed E-state index contributed by atoms with van der Waals surface area (Å²) in [6.45, 7) is 0.253. The molecule has 0 saturated carbocycles. The first-order valence-electron chi connectivity index (χ1n) is 9.14. The summed E-state index contributed by atoms with van der Waals surface area (Å²) in [5.74, 6) is -1.97. The molecule has 17 nitrogen and oxygen atoms in total. The van der Waals surface area contributed by atoms with E-state index < -0.39 is 94.4 Å². The van der Waals surface area contributed by atoms with Crippen molar-refractivity contribution in [1.82, 2.24) is 4.72 Å². The van der Waals surface area contributed by atoms with Gasteiger partial charge in [0.25, 0.3) is 0 Å². The average Bonchev–Trinajstić information content (AvgIpc) is 2.67. The van der Waals surface area contributed by atoms with Crippen LogP contribution in [0, 0.1) is 0 Å². The van der Waals surface area contributed by atoms with Gasteiger partial charge in [-0.05, 0) is 6.92 Å². The molecule has 2 rings (SSSR count). The fourth-order valence-corrected chi connectivity index (χ4v) is 4.69. The Kier molecular flexibility index (Phi) is 18.2. The van der Waals surface area contributed by atoms with Crippen molar-refractivity contribution in [3.63, 3.8) is 0 Å². The first-order chi connectivity index (χ1) is 15.1. The molecule has 0 radical (unpaired) electrons. The molecule has 0 aliphatic carbocycles. The molecule has 0 aromatic heterocycles. The summed E-state index contributed by atoms with van der Waals surface area (Å²) in [6, 6.07) is -1.96. The number of nitrogens with one attached hydrogen (secondary N) is 1. The Morgan fingerprint density at radius 1 is 1.00 bits per heavy atom. The molecule has 2 fully saturated rings. The fraction of sp³-hybridized carbons (Fsp3) is 0.929. The molecule has 4 unspecified atom stereocenters. The first kappa shape index (κ1) is 40.1. The first-order valence-corrected chi connectivity index (χ1v) is 11.9. The van der Waals surface area contributed by atoms with Crippen LogP contribution < -0.4 is 98.5 Å². The predicted molar refractivity (Wildman–Crippen MR) is 94.0 cm³/mol. The van der Waals surface area contributed by atoms with Gasteiger partial charge in [0.2, 0.25) is 10.4 Å². The van der Waals surface area contributed by atoms with Gasteiger partial charge in [-0.2, -0.15) is 0 Å². The van der Waals surface area contributed by atoms with Crippen molar-refractivity contribution in [2.75, 3.05) is 13.7 Å². The minimum Gasteiger partial charge on any atom is -0.735 e. The second kappa shape index (κ2) is 16.4. The van der Waals surface area contributed by atoms with Gasteiger partial charge in [-0.1, -0.05) is 0 Å². The smallest absolute Gasteiger partial charge is 0.735 e. The van der Waals surface area contributed by atoms with Crippen LogP contribution in [0.5, 0.6) is 0 Å². The molecule has 0 aromatic rings. The Morgan fingerprint density at radius 3 is 1.97 bits per heavy atom. The van der Waals surface area contributed by atoms with Crippen molar-refractivity contribution >= 4 is 26.7 Å². The van der Waals surface area contributed by atoms with E-state index in [-0.39, 0.29) is 88.7 Å². The third-order valence-electron chi connectivity index (χ3n) is 4.95. The molecule has 2 aliphatic heterocycles. The second-order valence-corrected chi connectivity index (χ2v) is 9.31. The van der Waals surface area contributed by atoms with E-state index in [9.17, 15) is 51.2 Å². The molecule has 2 saturated heterocycles. The van der Waals surface area contributed by atoms with Crippen LogP contribution >= 0.6 is 0 Å². The summed E-state index contributed by atoms with van der Waals surface area (Å²) in [4.78, 5) is 11.5. The van der Waals surface area contributed by atoms with Crippen molar-refractivity contribution in [2.45, 2.75) is 68.1 Å². The zero-order chi connectivity index (χ0) is 25.3. The van der Waals surface area contributed by atoms with E-state index in [4.69, 9.17) is 18.9 Å². The average molecular weight is 593 g/mol. The molecule has 0 spiro atoms. The number of aliphatic hydroxyl groups excluding tert-OH is 3. The maximum atomic E-state index is 11.5. The second-order valence-electron chi connectivity index (χ2n) is 7.16. The number of hydrogen-bond acceptors (Lipinski definition) is 16. The van der Waals surface area contributed by atoms with Gasteiger partial charge >= 0.3 is 88.7 Å². The number of aliphatic carboxylic acids is 1. The Bertz CT molecular complexity index is 910. The maximum absolute atomic E-state index is 11.5. The summed E-state index contributed by atoms with van der Waals surface area (Å²) in [6.07, 6.45) is -16.7. The number of carboxylic acid groups (broad SMARTS) is 1. The van der Waals surface area contributed by atoms with Gasteiger partial charge in [0.05, 0.1) is 18.7 Å². The van der Waals surface area contributed by atoms with E-state index in [0.29, 0.717) is 0 Å². The third-order valence-corrected chi connectivity index (χ3v) is 5.97. The Hall–Kier alpha value is 1.93. The molecule has 0 aromatic carbocycles. The summed E-state index contributed by atoms with van der Waals surface area (Å²) in [7, 11) is -9.62. The van der Waals surface area contributed by atoms with E-state index in [1.165, 1.54) is 4.72 Å². The molecular weight excluding hydrogens is 571 g/mol. The van der Waals surface area contributed by atoms with E-state index in [2.05, 4.69) is 4.18 Å². The van der Waals surface area contributed by atoms with Crippen LogP contribution in [0.4, 0.5) is 0 Å². The number of carboxylic acids is 1. The van der Waals surface area contributed by atoms with Crippen molar-refractivity contribution < 1.29 is 163 Å². The van der Waals surface area contributed by atoms with Crippen LogP contribution in [0.25, 0.3) is 0 Å². The molecule has 10 atom stereocenters. The van der Waals surface area contributed by atoms with Gasteiger partial charge in [-0.15, -0.1) is 0 Å². The molecule has 0 amide bonds. The van der Waals surface area contributed by atoms with E-state index in [0.717, 1.165) is 14.0 Å². The molecule has 194 valence electrons. The number of aliphatic hydroxyl groups is 3. The maximum Gasteiger partial charge on any atom is 1.00 e. The quantitative estimate of drug-likeness (QED) is 0.110. The molecule has 4 N–H and O–H groups in total. The molecule has 22 heteroatoms. The zero-order valence-electron chi connectivity index (χ0n) is 19.9. The van der Waals surface area contributed by atoms with Gasteiger partial charge < -0.3 is 53.3 Å². The summed E-state index contributed by atoms with van der Waals surface area (Å²) >= 11 is 0. The summed E-state index contributed by atoms with van der Waals surface area (Å²) in [5.41, 5.74) is 0. The van der Waals surface area contributed by atoms with Gasteiger partial charge in [0, 0.05) is 7.11 Å². The minimum atomic E-state index is -5.41. The predicted octanol–water partition coefficient (Wildman–Crippen LogP) is -15.4. The monoisotopic (exact) mass is 593 g/mol. The molecule has 2 heterocycles.